The van der Waals surface area contributed by atoms with Crippen LogP contribution < -0.4 is 9.64 Å². The number of fused-ring (bicyclic) bond motifs is 1. The van der Waals surface area contributed by atoms with Gasteiger partial charge in [-0.15, -0.1) is 12.4 Å². The van der Waals surface area contributed by atoms with Gasteiger partial charge >= 0.3 is 0 Å². The number of likely N-dealkylation sites (N-methyl/N-ethyl adjacent to an activating group) is 1. The molecule has 174 valence electrons. The molecule has 1 heterocycles. The summed E-state index contributed by atoms with van der Waals surface area (Å²) in [6.45, 7) is 6.88. The molecule has 0 unspecified atom stereocenters. The second kappa shape index (κ2) is 11.6. The summed E-state index contributed by atoms with van der Waals surface area (Å²) in [7, 11) is -3.43. The fraction of sp³-hybridized carbons (Fsp3) is 0.364. The first kappa shape index (κ1) is 26.1. The minimum atomic E-state index is -3.43. The van der Waals surface area contributed by atoms with Crippen molar-refractivity contribution in [1.82, 2.24) is 9.88 Å². The Labute approximate surface area is 199 Å². The van der Waals surface area contributed by atoms with Crippen molar-refractivity contribution in [2.24, 2.45) is 0 Å². The third-order valence-electron chi connectivity index (χ3n) is 4.94. The van der Waals surface area contributed by atoms with E-state index in [-0.39, 0.29) is 29.8 Å². The zero-order valence-electron chi connectivity index (χ0n) is 18.4. The van der Waals surface area contributed by atoms with E-state index in [9.17, 15) is 13.2 Å². The average Bonchev–Trinajstić information content (AvgIpc) is 3.19. The number of aromatic nitrogens is 1. The van der Waals surface area contributed by atoms with E-state index in [1.54, 1.807) is 29.2 Å². The van der Waals surface area contributed by atoms with Gasteiger partial charge in [-0.2, -0.15) is 0 Å². The number of halogens is 1. The summed E-state index contributed by atoms with van der Waals surface area (Å²) in [5.41, 5.74) is 0.398. The quantitative estimate of drug-likeness (QED) is 0.423. The molecule has 0 spiro atoms. The number of sulfone groups is 1. The van der Waals surface area contributed by atoms with E-state index in [1.807, 2.05) is 24.3 Å². The van der Waals surface area contributed by atoms with Crippen LogP contribution in [0.25, 0.3) is 10.2 Å². The highest BCUT2D eigenvalue weighted by Gasteiger charge is 2.23. The summed E-state index contributed by atoms with van der Waals surface area (Å²) in [4.78, 5) is 21.6. The summed E-state index contributed by atoms with van der Waals surface area (Å²) >= 11 is 1.31. The molecule has 0 fully saturated rings. The highest BCUT2D eigenvalue weighted by molar-refractivity contribution is 7.91. The maximum absolute atomic E-state index is 13.1. The van der Waals surface area contributed by atoms with Crippen molar-refractivity contribution in [2.45, 2.75) is 18.7 Å². The van der Waals surface area contributed by atoms with Gasteiger partial charge in [-0.1, -0.05) is 49.4 Å². The smallest absolute Gasteiger partial charge is 0.266 e. The normalized spacial score (nSPS) is 11.4. The van der Waals surface area contributed by atoms with Crippen molar-refractivity contribution in [3.05, 3.63) is 48.5 Å². The van der Waals surface area contributed by atoms with Crippen LogP contribution in [-0.4, -0.2) is 63.3 Å². The lowest BCUT2D eigenvalue weighted by atomic mass is 10.3. The zero-order valence-corrected chi connectivity index (χ0v) is 20.8. The van der Waals surface area contributed by atoms with E-state index >= 15 is 0 Å². The molecular formula is C22H28ClN3O4S2. The number of hydrogen-bond acceptors (Lipinski definition) is 7. The van der Waals surface area contributed by atoms with Gasteiger partial charge in [0.25, 0.3) is 5.91 Å². The fourth-order valence-corrected chi connectivity index (χ4v) is 5.11. The molecule has 0 bridgehead atoms. The number of carbonyl (C=O) groups excluding carboxylic acids is 1. The second-order valence-corrected chi connectivity index (χ2v) is 10.0. The lowest BCUT2D eigenvalue weighted by molar-refractivity contribution is -0.120. The third-order valence-corrected chi connectivity index (χ3v) is 7.11. The number of thiazole rings is 1. The van der Waals surface area contributed by atoms with Crippen LogP contribution in [0.4, 0.5) is 5.13 Å². The lowest BCUT2D eigenvalue weighted by Crippen LogP contribution is -2.41. The molecular weight excluding hydrogens is 470 g/mol. The van der Waals surface area contributed by atoms with Gasteiger partial charge in [-0.25, -0.2) is 13.4 Å². The van der Waals surface area contributed by atoms with Crippen molar-refractivity contribution < 1.29 is 17.9 Å². The molecule has 0 radical (unpaired) electrons. The van der Waals surface area contributed by atoms with E-state index in [2.05, 4.69) is 23.7 Å². The predicted octanol–water partition coefficient (Wildman–Crippen LogP) is 3.88. The number of carbonyl (C=O) groups is 1. The molecule has 0 N–H and O–H groups in total. The summed E-state index contributed by atoms with van der Waals surface area (Å²) in [5, 5.41) is 0.472. The van der Waals surface area contributed by atoms with Crippen molar-refractivity contribution in [2.75, 3.05) is 43.9 Å². The SMILES string of the molecule is CCN(CC)CCN(C(=O)COc1ccccc1)c1nc2c(S(C)(=O)=O)cccc2s1.Cl. The van der Waals surface area contributed by atoms with Gasteiger partial charge in [-0.3, -0.25) is 9.69 Å². The molecule has 0 aliphatic carbocycles. The van der Waals surface area contributed by atoms with E-state index in [0.717, 1.165) is 24.0 Å². The van der Waals surface area contributed by atoms with Gasteiger partial charge in [0.2, 0.25) is 0 Å². The monoisotopic (exact) mass is 497 g/mol. The van der Waals surface area contributed by atoms with E-state index in [1.165, 1.54) is 11.3 Å². The number of ether oxygens (including phenoxy) is 1. The molecule has 0 aliphatic heterocycles. The molecule has 0 atom stereocenters. The molecule has 7 nitrogen and oxygen atoms in total. The number of amides is 1. The van der Waals surface area contributed by atoms with Crippen LogP contribution in [0.15, 0.2) is 53.4 Å². The van der Waals surface area contributed by atoms with E-state index in [4.69, 9.17) is 4.74 Å². The first-order chi connectivity index (χ1) is 14.8. The van der Waals surface area contributed by atoms with Crippen LogP contribution in [0, 0.1) is 0 Å². The Kier molecular flexibility index (Phi) is 9.45. The highest BCUT2D eigenvalue weighted by atomic mass is 35.5. The molecule has 3 rings (SSSR count). The second-order valence-electron chi connectivity index (χ2n) is 7.05. The van der Waals surface area contributed by atoms with Crippen LogP contribution in [0.2, 0.25) is 0 Å². The van der Waals surface area contributed by atoms with E-state index < -0.39 is 9.84 Å². The lowest BCUT2D eigenvalue weighted by Gasteiger charge is -2.24. The van der Waals surface area contributed by atoms with Crippen molar-refractivity contribution in [1.29, 1.82) is 0 Å². The van der Waals surface area contributed by atoms with E-state index in [0.29, 0.717) is 29.5 Å². The molecule has 1 amide bonds. The van der Waals surface area contributed by atoms with Crippen molar-refractivity contribution in [3.63, 3.8) is 0 Å². The van der Waals surface area contributed by atoms with Gasteiger partial charge in [0.05, 0.1) is 9.60 Å². The molecule has 0 saturated carbocycles. The minimum Gasteiger partial charge on any atom is -0.484 e. The third kappa shape index (κ3) is 6.41. The van der Waals surface area contributed by atoms with Crippen molar-refractivity contribution >= 4 is 54.8 Å². The fourth-order valence-electron chi connectivity index (χ4n) is 3.17. The topological polar surface area (TPSA) is 79.8 Å². The van der Waals surface area contributed by atoms with Crippen LogP contribution in [0.5, 0.6) is 5.75 Å². The average molecular weight is 498 g/mol. The molecule has 0 aliphatic rings. The van der Waals surface area contributed by atoms with Gasteiger partial charge in [-0.05, 0) is 37.4 Å². The van der Waals surface area contributed by atoms with Gasteiger partial charge in [0, 0.05) is 19.3 Å². The number of rotatable bonds is 10. The summed E-state index contributed by atoms with van der Waals surface area (Å²) < 4.78 is 30.7. The maximum atomic E-state index is 13.1. The highest BCUT2D eigenvalue weighted by Crippen LogP contribution is 2.32. The Morgan fingerprint density at radius 2 is 1.72 bits per heavy atom. The number of hydrogen-bond donors (Lipinski definition) is 0. The first-order valence-electron chi connectivity index (χ1n) is 10.1. The number of para-hydroxylation sites is 2. The van der Waals surface area contributed by atoms with Crippen LogP contribution in [-0.2, 0) is 14.6 Å². The first-order valence-corrected chi connectivity index (χ1v) is 12.8. The predicted molar refractivity (Wildman–Crippen MR) is 132 cm³/mol. The van der Waals surface area contributed by atoms with Crippen LogP contribution >= 0.6 is 23.7 Å². The van der Waals surface area contributed by atoms with Crippen molar-refractivity contribution in [3.8, 4) is 5.75 Å². The summed E-state index contributed by atoms with van der Waals surface area (Å²) in [6, 6.07) is 14.2. The molecule has 1 aromatic heterocycles. The van der Waals surface area contributed by atoms with Crippen LogP contribution in [0.1, 0.15) is 13.8 Å². The maximum Gasteiger partial charge on any atom is 0.266 e. The summed E-state index contributed by atoms with van der Waals surface area (Å²) in [5.74, 6) is 0.388. The molecule has 32 heavy (non-hydrogen) atoms. The van der Waals surface area contributed by atoms with Gasteiger partial charge < -0.3 is 9.64 Å². The minimum absolute atomic E-state index is 0. The molecule has 2 aromatic carbocycles. The summed E-state index contributed by atoms with van der Waals surface area (Å²) in [6.07, 6.45) is 1.16. The Hall–Kier alpha value is -2.20. The Morgan fingerprint density at radius 3 is 2.34 bits per heavy atom. The number of nitrogens with zero attached hydrogens (tertiary/aromatic N) is 3. The number of benzene rings is 2. The standard InChI is InChI=1S/C22H27N3O4S2.ClH/c1-4-24(5-2)14-15-25(20(26)16-29-17-10-7-6-8-11-17)22-23-21-18(30-22)12-9-13-19(21)31(3,27)28;/h6-13H,4-5,14-16H2,1-3H3;1H. The van der Waals surface area contributed by atoms with Gasteiger partial charge in [0.1, 0.15) is 11.3 Å². The molecule has 10 heteroatoms. The molecule has 0 saturated heterocycles. The van der Waals surface area contributed by atoms with Gasteiger partial charge in [0.15, 0.2) is 21.6 Å². The Bertz CT molecular complexity index is 1130. The zero-order chi connectivity index (χ0) is 22.4. The Morgan fingerprint density at radius 1 is 1.03 bits per heavy atom. The number of anilines is 1. The largest absolute Gasteiger partial charge is 0.484 e. The molecule has 3 aromatic rings. The Balaban J connectivity index is 0.00000363. The van der Waals surface area contributed by atoms with Crippen LogP contribution in [0.3, 0.4) is 0 Å².